The first-order chi connectivity index (χ1) is 8.04. The van der Waals surface area contributed by atoms with E-state index in [9.17, 15) is 9.59 Å². The lowest BCUT2D eigenvalue weighted by molar-refractivity contribution is -0.127. The van der Waals surface area contributed by atoms with Gasteiger partial charge in [0.25, 0.3) is 0 Å². The number of esters is 1. The highest BCUT2D eigenvalue weighted by molar-refractivity contribution is 5.87. The Labute approximate surface area is 99.9 Å². The van der Waals surface area contributed by atoms with Crippen molar-refractivity contribution in [2.75, 3.05) is 27.7 Å². The molecule has 6 heteroatoms. The Morgan fingerprint density at radius 1 is 1.41 bits per heavy atom. The summed E-state index contributed by atoms with van der Waals surface area (Å²) >= 11 is 0. The van der Waals surface area contributed by atoms with E-state index in [1.807, 2.05) is 0 Å². The van der Waals surface area contributed by atoms with E-state index in [2.05, 4.69) is 15.0 Å². The number of rotatable bonds is 5. The molecule has 94 valence electrons. The predicted octanol–water partition coefficient (Wildman–Crippen LogP) is -0.0209. The number of aromatic amines is 1. The van der Waals surface area contributed by atoms with Crippen molar-refractivity contribution < 1.29 is 14.3 Å². The van der Waals surface area contributed by atoms with Gasteiger partial charge in [-0.05, 0) is 12.1 Å². The molecule has 17 heavy (non-hydrogen) atoms. The normalized spacial score (nSPS) is 10.1. The Kier molecular flexibility index (Phi) is 4.71. The molecule has 0 atom stereocenters. The first-order valence-corrected chi connectivity index (χ1v) is 5.21. The second-order valence-electron chi connectivity index (χ2n) is 3.78. The molecule has 0 bridgehead atoms. The van der Waals surface area contributed by atoms with E-state index in [1.165, 1.54) is 12.0 Å². The molecule has 0 saturated carbocycles. The number of likely N-dealkylation sites (N-methyl/N-ethyl adjacent to an activating group) is 1. The highest BCUT2D eigenvalue weighted by Gasteiger charge is 2.08. The maximum Gasteiger partial charge on any atom is 0.354 e. The van der Waals surface area contributed by atoms with Crippen molar-refractivity contribution in [2.45, 2.75) is 6.54 Å². The van der Waals surface area contributed by atoms with Crippen LogP contribution in [0.3, 0.4) is 0 Å². The van der Waals surface area contributed by atoms with Crippen LogP contribution >= 0.6 is 0 Å². The molecule has 0 aliphatic carbocycles. The number of amides is 1. The number of methoxy groups -OCH3 is 1. The summed E-state index contributed by atoms with van der Waals surface area (Å²) in [7, 11) is 4.73. The molecule has 0 saturated heterocycles. The second kappa shape index (κ2) is 6.05. The molecule has 0 spiro atoms. The zero-order chi connectivity index (χ0) is 12.8. The van der Waals surface area contributed by atoms with Gasteiger partial charge < -0.3 is 19.9 Å². The molecule has 0 aromatic carbocycles. The zero-order valence-corrected chi connectivity index (χ0v) is 10.2. The first-order valence-electron chi connectivity index (χ1n) is 5.21. The van der Waals surface area contributed by atoms with Gasteiger partial charge in [-0.1, -0.05) is 0 Å². The molecule has 1 amide bonds. The highest BCUT2D eigenvalue weighted by atomic mass is 16.5. The average Bonchev–Trinajstić information content (AvgIpc) is 2.76. The molecule has 1 heterocycles. The van der Waals surface area contributed by atoms with Gasteiger partial charge in [0.2, 0.25) is 5.91 Å². The average molecular weight is 239 g/mol. The zero-order valence-electron chi connectivity index (χ0n) is 10.2. The number of H-pyrrole nitrogens is 1. The minimum atomic E-state index is -0.402. The van der Waals surface area contributed by atoms with Gasteiger partial charge >= 0.3 is 5.97 Å². The van der Waals surface area contributed by atoms with Crippen molar-refractivity contribution in [1.29, 1.82) is 0 Å². The second-order valence-corrected chi connectivity index (χ2v) is 3.78. The van der Waals surface area contributed by atoms with Gasteiger partial charge in [0, 0.05) is 26.3 Å². The predicted molar refractivity (Wildman–Crippen MR) is 62.5 cm³/mol. The molecule has 1 aromatic heterocycles. The van der Waals surface area contributed by atoms with Crippen molar-refractivity contribution in [3.05, 3.63) is 23.5 Å². The molecular formula is C11H17N3O3. The summed E-state index contributed by atoms with van der Waals surface area (Å²) in [6, 6.07) is 3.43. The Hall–Kier alpha value is -1.82. The summed E-state index contributed by atoms with van der Waals surface area (Å²) in [6.07, 6.45) is 0. The SMILES string of the molecule is COC(=O)c1ccc(CNCC(=O)N(C)C)[nH]1. The van der Waals surface area contributed by atoms with Crippen molar-refractivity contribution in [3.63, 3.8) is 0 Å². The van der Waals surface area contributed by atoms with Crippen molar-refractivity contribution in [2.24, 2.45) is 0 Å². The van der Waals surface area contributed by atoms with Crippen LogP contribution in [0, 0.1) is 0 Å². The van der Waals surface area contributed by atoms with E-state index in [0.29, 0.717) is 12.2 Å². The van der Waals surface area contributed by atoms with E-state index in [-0.39, 0.29) is 12.5 Å². The topological polar surface area (TPSA) is 74.4 Å². The van der Waals surface area contributed by atoms with Crippen LogP contribution in [0.25, 0.3) is 0 Å². The number of aromatic nitrogens is 1. The van der Waals surface area contributed by atoms with E-state index in [0.717, 1.165) is 5.69 Å². The molecule has 0 fully saturated rings. The smallest absolute Gasteiger partial charge is 0.354 e. The maximum absolute atomic E-state index is 11.3. The number of ether oxygens (including phenoxy) is 1. The van der Waals surface area contributed by atoms with Crippen molar-refractivity contribution in [1.82, 2.24) is 15.2 Å². The molecule has 2 N–H and O–H groups in total. The van der Waals surface area contributed by atoms with Gasteiger partial charge in [-0.2, -0.15) is 0 Å². The molecule has 6 nitrogen and oxygen atoms in total. The van der Waals surface area contributed by atoms with Gasteiger partial charge in [0.15, 0.2) is 0 Å². The Balaban J connectivity index is 2.40. The Bertz CT molecular complexity index is 398. The van der Waals surface area contributed by atoms with Crippen LogP contribution in [0.5, 0.6) is 0 Å². The van der Waals surface area contributed by atoms with E-state index < -0.39 is 5.97 Å². The Morgan fingerprint density at radius 2 is 2.12 bits per heavy atom. The van der Waals surface area contributed by atoms with E-state index in [4.69, 9.17) is 0 Å². The molecule has 0 radical (unpaired) electrons. The largest absolute Gasteiger partial charge is 0.464 e. The van der Waals surface area contributed by atoms with Crippen LogP contribution < -0.4 is 5.32 Å². The molecule has 0 unspecified atom stereocenters. The summed E-state index contributed by atoms with van der Waals surface area (Å²) in [4.78, 5) is 26.9. The monoisotopic (exact) mass is 239 g/mol. The molecule has 1 aromatic rings. The minimum Gasteiger partial charge on any atom is -0.464 e. The van der Waals surface area contributed by atoms with Crippen molar-refractivity contribution >= 4 is 11.9 Å². The lowest BCUT2D eigenvalue weighted by Gasteiger charge is -2.10. The van der Waals surface area contributed by atoms with Crippen LogP contribution in [0.2, 0.25) is 0 Å². The van der Waals surface area contributed by atoms with Crippen LogP contribution in [0.4, 0.5) is 0 Å². The highest BCUT2D eigenvalue weighted by Crippen LogP contribution is 2.02. The van der Waals surface area contributed by atoms with Crippen LogP contribution in [-0.4, -0.2) is 49.5 Å². The molecule has 1 rings (SSSR count). The summed E-state index contributed by atoms with van der Waals surface area (Å²) in [6.45, 7) is 0.760. The van der Waals surface area contributed by atoms with Crippen molar-refractivity contribution in [3.8, 4) is 0 Å². The summed E-state index contributed by atoms with van der Waals surface area (Å²) in [5.74, 6) is -0.398. The third-order valence-electron chi connectivity index (χ3n) is 2.24. The van der Waals surface area contributed by atoms with Gasteiger partial charge in [-0.3, -0.25) is 4.79 Å². The fraction of sp³-hybridized carbons (Fsp3) is 0.455. The van der Waals surface area contributed by atoms with E-state index in [1.54, 1.807) is 26.2 Å². The van der Waals surface area contributed by atoms with Gasteiger partial charge in [-0.25, -0.2) is 4.79 Å². The summed E-state index contributed by atoms with van der Waals surface area (Å²) in [5, 5.41) is 2.98. The quantitative estimate of drug-likeness (QED) is 0.708. The fourth-order valence-electron chi connectivity index (χ4n) is 1.23. The summed E-state index contributed by atoms with van der Waals surface area (Å²) < 4.78 is 4.57. The third kappa shape index (κ3) is 3.92. The standard InChI is InChI=1S/C11H17N3O3/c1-14(2)10(15)7-12-6-8-4-5-9(13-8)11(16)17-3/h4-5,12-13H,6-7H2,1-3H3. The molecule has 0 aliphatic heterocycles. The van der Waals surface area contributed by atoms with Crippen LogP contribution in [-0.2, 0) is 16.1 Å². The number of hydrogen-bond acceptors (Lipinski definition) is 4. The molecule has 0 aliphatic rings. The van der Waals surface area contributed by atoms with Crippen LogP contribution in [0.1, 0.15) is 16.2 Å². The number of nitrogens with zero attached hydrogens (tertiary/aromatic N) is 1. The first kappa shape index (κ1) is 13.2. The lowest BCUT2D eigenvalue weighted by Crippen LogP contribution is -2.32. The van der Waals surface area contributed by atoms with Gasteiger partial charge in [0.1, 0.15) is 5.69 Å². The molecular weight excluding hydrogens is 222 g/mol. The Morgan fingerprint density at radius 3 is 2.71 bits per heavy atom. The van der Waals surface area contributed by atoms with Crippen LogP contribution in [0.15, 0.2) is 12.1 Å². The van der Waals surface area contributed by atoms with Gasteiger partial charge in [-0.15, -0.1) is 0 Å². The number of nitrogens with one attached hydrogen (secondary N) is 2. The number of carbonyl (C=O) groups is 2. The fourth-order valence-corrected chi connectivity index (χ4v) is 1.23. The van der Waals surface area contributed by atoms with E-state index >= 15 is 0 Å². The third-order valence-corrected chi connectivity index (χ3v) is 2.24. The maximum atomic E-state index is 11.3. The number of hydrogen-bond donors (Lipinski definition) is 2. The number of carbonyl (C=O) groups excluding carboxylic acids is 2. The summed E-state index contributed by atoms with van der Waals surface area (Å²) in [5.41, 5.74) is 1.24. The minimum absolute atomic E-state index is 0.00440. The van der Waals surface area contributed by atoms with Gasteiger partial charge in [0.05, 0.1) is 13.7 Å². The lowest BCUT2D eigenvalue weighted by atomic mass is 10.4.